The third-order valence-electron chi connectivity index (χ3n) is 5.73. The predicted octanol–water partition coefficient (Wildman–Crippen LogP) is 2.65. The minimum absolute atomic E-state index is 0.110. The van der Waals surface area contributed by atoms with Crippen LogP contribution in [-0.2, 0) is 6.42 Å². The third-order valence-corrected chi connectivity index (χ3v) is 7.26. The number of nitrogens with zero attached hydrogens (tertiary/aromatic N) is 4. The van der Waals surface area contributed by atoms with Crippen LogP contribution in [0.2, 0.25) is 0 Å². The zero-order valence-corrected chi connectivity index (χ0v) is 19.4. The molecule has 0 amide bonds. The Labute approximate surface area is 190 Å². The van der Waals surface area contributed by atoms with E-state index < -0.39 is 13.9 Å². The van der Waals surface area contributed by atoms with Gasteiger partial charge in [0.1, 0.15) is 5.82 Å². The number of fused-ring (bicyclic) bond motifs is 1. The van der Waals surface area contributed by atoms with Gasteiger partial charge in [-0.05, 0) is 36.6 Å². The Hall–Kier alpha value is -2.39. The van der Waals surface area contributed by atoms with Crippen molar-refractivity contribution in [3.8, 4) is 5.88 Å². The minimum Gasteiger partial charge on any atom is -0.481 e. The molecule has 0 radical (unpaired) electrons. The lowest BCUT2D eigenvalue weighted by molar-refractivity contribution is 0.0893. The van der Waals surface area contributed by atoms with Crippen molar-refractivity contribution in [2.75, 3.05) is 31.3 Å². The monoisotopic (exact) mass is 476 g/mol. The number of piperidine rings is 1. The number of ether oxygens (including phenoxy) is 1. The van der Waals surface area contributed by atoms with E-state index >= 15 is 0 Å². The Morgan fingerprint density at radius 3 is 2.78 bits per heavy atom. The van der Waals surface area contributed by atoms with Crippen molar-refractivity contribution in [2.45, 2.75) is 25.7 Å². The van der Waals surface area contributed by atoms with E-state index in [2.05, 4.69) is 10.1 Å². The van der Waals surface area contributed by atoms with E-state index in [0.717, 1.165) is 28.8 Å². The second-order valence-electron chi connectivity index (χ2n) is 7.78. The number of aromatic nitrogens is 3. The first kappa shape index (κ1) is 22.8. The van der Waals surface area contributed by atoms with Crippen LogP contribution in [0, 0.1) is 5.92 Å². The quantitative estimate of drug-likeness (QED) is 0.500. The van der Waals surface area contributed by atoms with Gasteiger partial charge in [-0.25, -0.2) is 0 Å². The van der Waals surface area contributed by atoms with E-state index in [1.54, 1.807) is 6.07 Å². The second-order valence-corrected chi connectivity index (χ2v) is 10.0. The summed E-state index contributed by atoms with van der Waals surface area (Å²) in [5.41, 5.74) is -0.484. The molecule has 170 valence electrons. The molecule has 1 saturated heterocycles. The van der Waals surface area contributed by atoms with Gasteiger partial charge in [0, 0.05) is 35.6 Å². The van der Waals surface area contributed by atoms with Crippen LogP contribution in [0.25, 0.3) is 10.8 Å². The molecular formula is C21H25N4O5PS. The lowest BCUT2D eigenvalue weighted by atomic mass is 9.94. The van der Waals surface area contributed by atoms with E-state index in [0.29, 0.717) is 47.6 Å². The van der Waals surface area contributed by atoms with Crippen molar-refractivity contribution < 1.29 is 19.3 Å². The fourth-order valence-corrected chi connectivity index (χ4v) is 5.30. The highest BCUT2D eigenvalue weighted by atomic mass is 32.1. The molecule has 3 aromatic heterocycles. The van der Waals surface area contributed by atoms with Crippen LogP contribution in [0.1, 0.15) is 28.9 Å². The Kier molecular flexibility index (Phi) is 7.15. The number of carbonyl (C=O) groups is 1. The van der Waals surface area contributed by atoms with Crippen LogP contribution in [0.5, 0.6) is 5.88 Å². The van der Waals surface area contributed by atoms with E-state index in [1.165, 1.54) is 24.6 Å². The number of carbonyl (C=O) groups excluding carboxylic acids is 1. The molecule has 0 unspecified atom stereocenters. The van der Waals surface area contributed by atoms with Crippen LogP contribution < -0.4 is 15.2 Å². The van der Waals surface area contributed by atoms with Crippen LogP contribution in [0.3, 0.4) is 0 Å². The average molecular weight is 476 g/mol. The largest absolute Gasteiger partial charge is 0.481 e. The summed E-state index contributed by atoms with van der Waals surface area (Å²) in [5, 5.41) is 6.93. The number of thiophene rings is 1. The molecule has 0 atom stereocenters. The Morgan fingerprint density at radius 1 is 1.34 bits per heavy atom. The predicted molar refractivity (Wildman–Crippen MR) is 125 cm³/mol. The molecule has 1 aliphatic heterocycles. The summed E-state index contributed by atoms with van der Waals surface area (Å²) in [6.45, 7) is 1.36. The van der Waals surface area contributed by atoms with E-state index in [1.807, 2.05) is 22.4 Å². The molecule has 1 aliphatic rings. The van der Waals surface area contributed by atoms with Crippen molar-refractivity contribution in [3.63, 3.8) is 0 Å². The smallest absolute Gasteiger partial charge is 0.285 e. The number of hydrogen-bond donors (Lipinski definition) is 2. The molecule has 0 aromatic carbocycles. The lowest BCUT2D eigenvalue weighted by Crippen LogP contribution is -2.36. The highest BCUT2D eigenvalue weighted by Gasteiger charge is 2.25. The Morgan fingerprint density at radius 2 is 2.12 bits per heavy atom. The summed E-state index contributed by atoms with van der Waals surface area (Å²) in [6, 6.07) is 5.37. The van der Waals surface area contributed by atoms with Crippen LogP contribution >= 0.6 is 19.7 Å². The molecule has 1 fully saturated rings. The maximum absolute atomic E-state index is 13.3. The summed E-state index contributed by atoms with van der Waals surface area (Å²) in [6.07, 6.45) is 4.53. The average Bonchev–Trinajstić information content (AvgIpc) is 3.30. The minimum atomic E-state index is -1.86. The number of anilines is 1. The molecule has 2 N–H and O–H groups in total. The first-order valence-corrected chi connectivity index (χ1v) is 12.7. The first-order valence-electron chi connectivity index (χ1n) is 10.4. The summed E-state index contributed by atoms with van der Waals surface area (Å²) < 4.78 is 6.26. The second kappa shape index (κ2) is 10.0. The highest BCUT2D eigenvalue weighted by Crippen LogP contribution is 2.33. The van der Waals surface area contributed by atoms with Crippen molar-refractivity contribution in [2.24, 2.45) is 5.92 Å². The van der Waals surface area contributed by atoms with Crippen LogP contribution in [-0.4, -0.2) is 56.8 Å². The van der Waals surface area contributed by atoms with Gasteiger partial charge in [-0.1, -0.05) is 6.07 Å². The van der Waals surface area contributed by atoms with Gasteiger partial charge in [0.2, 0.25) is 5.88 Å². The lowest BCUT2D eigenvalue weighted by Gasteiger charge is -2.33. The molecule has 4 heterocycles. The SMILES string of the molecule is COc1cc2cnn(C(=O)Cc3cccs3)c(=O)c2c(N2CCC(CCP(O)O)CC2)n1. The summed E-state index contributed by atoms with van der Waals surface area (Å²) in [4.78, 5) is 51.9. The van der Waals surface area contributed by atoms with Crippen molar-refractivity contribution >= 4 is 42.2 Å². The van der Waals surface area contributed by atoms with Crippen molar-refractivity contribution in [3.05, 3.63) is 45.0 Å². The zero-order valence-electron chi connectivity index (χ0n) is 17.7. The maximum atomic E-state index is 13.3. The Bertz CT molecular complexity index is 1140. The summed E-state index contributed by atoms with van der Waals surface area (Å²) in [5.74, 6) is 0.890. The number of hydrogen-bond acceptors (Lipinski definition) is 9. The molecular weight excluding hydrogens is 451 g/mol. The van der Waals surface area contributed by atoms with E-state index in [4.69, 9.17) is 4.74 Å². The topological polar surface area (TPSA) is 118 Å². The van der Waals surface area contributed by atoms with Gasteiger partial charge >= 0.3 is 0 Å². The van der Waals surface area contributed by atoms with Crippen LogP contribution in [0.4, 0.5) is 5.82 Å². The molecule has 32 heavy (non-hydrogen) atoms. The molecule has 9 nitrogen and oxygen atoms in total. The van der Waals surface area contributed by atoms with Gasteiger partial charge < -0.3 is 19.4 Å². The summed E-state index contributed by atoms with van der Waals surface area (Å²) >= 11 is 1.46. The molecule has 0 bridgehead atoms. The van der Waals surface area contributed by atoms with Gasteiger partial charge in [-0.2, -0.15) is 14.8 Å². The standard InChI is InChI=1S/C21H25N4O5PS/c1-30-17-11-15-13-22-25(18(26)12-16-3-2-10-32-16)21(27)19(15)20(23-17)24-7-4-14(5-8-24)6-9-31(28)29/h2-3,10-11,13-14,28-29H,4-9,12H2,1H3. The number of methoxy groups -OCH3 is 1. The molecule has 0 spiro atoms. The van der Waals surface area contributed by atoms with Crippen molar-refractivity contribution in [1.82, 2.24) is 14.8 Å². The fourth-order valence-electron chi connectivity index (χ4n) is 4.01. The Balaban J connectivity index is 1.65. The zero-order chi connectivity index (χ0) is 22.7. The normalized spacial score (nSPS) is 14.9. The van der Waals surface area contributed by atoms with Gasteiger partial charge in [0.05, 0.1) is 25.1 Å². The first-order chi connectivity index (χ1) is 15.5. The van der Waals surface area contributed by atoms with Crippen molar-refractivity contribution in [1.29, 1.82) is 0 Å². The van der Waals surface area contributed by atoms with Gasteiger partial charge in [-0.3, -0.25) is 9.59 Å². The molecule has 11 heteroatoms. The number of rotatable bonds is 7. The van der Waals surface area contributed by atoms with Crippen LogP contribution in [0.15, 0.2) is 34.6 Å². The number of pyridine rings is 1. The molecule has 0 saturated carbocycles. The fraction of sp³-hybridized carbons (Fsp3) is 0.429. The summed E-state index contributed by atoms with van der Waals surface area (Å²) in [7, 11) is -0.346. The van der Waals surface area contributed by atoms with Gasteiger partial charge in [0.25, 0.3) is 11.5 Å². The van der Waals surface area contributed by atoms with E-state index in [9.17, 15) is 19.4 Å². The third kappa shape index (κ3) is 4.99. The highest BCUT2D eigenvalue weighted by molar-refractivity contribution is 7.45. The van der Waals surface area contributed by atoms with E-state index in [-0.39, 0.29) is 12.3 Å². The van der Waals surface area contributed by atoms with Gasteiger partial charge in [0.15, 0.2) is 8.38 Å². The molecule has 4 rings (SSSR count). The van der Waals surface area contributed by atoms with Gasteiger partial charge in [-0.15, -0.1) is 11.3 Å². The maximum Gasteiger partial charge on any atom is 0.285 e. The molecule has 3 aromatic rings. The molecule has 0 aliphatic carbocycles.